The third kappa shape index (κ3) is 3.68. The molecule has 1 aliphatic rings. The van der Waals surface area contributed by atoms with Crippen LogP contribution in [-0.4, -0.2) is 18.4 Å². The van der Waals surface area contributed by atoms with Crippen molar-refractivity contribution >= 4 is 17.5 Å². The van der Waals surface area contributed by atoms with Crippen molar-refractivity contribution in [2.24, 2.45) is 5.92 Å². The summed E-state index contributed by atoms with van der Waals surface area (Å²) in [6.45, 7) is 2.06. The van der Waals surface area contributed by atoms with Gasteiger partial charge in [0, 0.05) is 19.5 Å². The molecule has 2 aromatic rings. The molecule has 130 valence electrons. The van der Waals surface area contributed by atoms with E-state index in [9.17, 15) is 18.4 Å². The Hall–Kier alpha value is -2.76. The zero-order valence-corrected chi connectivity index (χ0v) is 13.8. The van der Waals surface area contributed by atoms with E-state index >= 15 is 0 Å². The highest BCUT2D eigenvalue weighted by Gasteiger charge is 2.35. The molecular formula is C19H18F2N2O2. The van der Waals surface area contributed by atoms with Crippen LogP contribution in [0.1, 0.15) is 17.5 Å². The molecule has 4 nitrogen and oxygen atoms in total. The normalized spacial score (nSPS) is 17.0. The Balaban J connectivity index is 1.63. The van der Waals surface area contributed by atoms with Crippen LogP contribution in [-0.2, 0) is 16.1 Å². The van der Waals surface area contributed by atoms with Gasteiger partial charge in [0.1, 0.15) is 11.6 Å². The maximum atomic E-state index is 13.9. The van der Waals surface area contributed by atoms with Crippen LogP contribution in [0.25, 0.3) is 0 Å². The zero-order chi connectivity index (χ0) is 18.0. The van der Waals surface area contributed by atoms with Crippen LogP contribution in [0, 0.1) is 24.5 Å². The van der Waals surface area contributed by atoms with Crippen LogP contribution < -0.4 is 10.2 Å². The number of halogens is 2. The second-order valence-electron chi connectivity index (χ2n) is 6.16. The summed E-state index contributed by atoms with van der Waals surface area (Å²) in [4.78, 5) is 25.8. The van der Waals surface area contributed by atoms with Crippen LogP contribution in [0.5, 0.6) is 0 Å². The number of para-hydroxylation sites is 1. The lowest BCUT2D eigenvalue weighted by molar-refractivity contribution is -0.126. The molecule has 6 heteroatoms. The average Bonchev–Trinajstić information content (AvgIpc) is 2.98. The molecule has 0 spiro atoms. The third-order valence-corrected chi connectivity index (χ3v) is 4.33. The van der Waals surface area contributed by atoms with E-state index < -0.39 is 11.7 Å². The number of benzene rings is 2. The van der Waals surface area contributed by atoms with E-state index in [1.807, 2.05) is 0 Å². The summed E-state index contributed by atoms with van der Waals surface area (Å²) >= 11 is 0. The van der Waals surface area contributed by atoms with E-state index in [0.717, 1.165) is 5.56 Å². The highest BCUT2D eigenvalue weighted by Crippen LogP contribution is 2.27. The molecule has 0 saturated carbocycles. The van der Waals surface area contributed by atoms with Gasteiger partial charge in [0.25, 0.3) is 0 Å². The van der Waals surface area contributed by atoms with Crippen LogP contribution in [0.3, 0.4) is 0 Å². The summed E-state index contributed by atoms with van der Waals surface area (Å²) in [7, 11) is 0. The Morgan fingerprint density at radius 2 is 1.96 bits per heavy atom. The highest BCUT2D eigenvalue weighted by atomic mass is 19.1. The van der Waals surface area contributed by atoms with Gasteiger partial charge >= 0.3 is 0 Å². The summed E-state index contributed by atoms with van der Waals surface area (Å²) in [6.07, 6.45) is 0.0443. The van der Waals surface area contributed by atoms with Crippen molar-refractivity contribution in [1.29, 1.82) is 0 Å². The van der Waals surface area contributed by atoms with Gasteiger partial charge in [-0.3, -0.25) is 9.59 Å². The molecule has 0 aliphatic carbocycles. The number of carbonyl (C=O) groups is 2. The monoisotopic (exact) mass is 344 g/mol. The Labute approximate surface area is 144 Å². The first kappa shape index (κ1) is 17.1. The van der Waals surface area contributed by atoms with Crippen molar-refractivity contribution < 1.29 is 18.4 Å². The maximum Gasteiger partial charge on any atom is 0.227 e. The molecule has 1 N–H and O–H groups in total. The molecule has 1 atom stereocenters. The molecule has 0 bridgehead atoms. The number of aryl methyl sites for hydroxylation is 1. The number of hydrogen-bond donors (Lipinski definition) is 1. The molecule has 1 unspecified atom stereocenters. The molecule has 3 rings (SSSR count). The minimum Gasteiger partial charge on any atom is -0.352 e. The predicted molar refractivity (Wildman–Crippen MR) is 89.8 cm³/mol. The van der Waals surface area contributed by atoms with Crippen molar-refractivity contribution in [3.05, 3.63) is 65.2 Å². The summed E-state index contributed by atoms with van der Waals surface area (Å²) < 4.78 is 27.1. The first-order valence-electron chi connectivity index (χ1n) is 8.03. The molecule has 2 aromatic carbocycles. The van der Waals surface area contributed by atoms with Gasteiger partial charge in [0.15, 0.2) is 0 Å². The standard InChI is InChI=1S/C19H18F2N2O2/c1-12-8-13(6-7-15(12)20)10-22-19(25)14-9-18(24)23(11-14)17-5-3-2-4-16(17)21/h2-8,14H,9-11H2,1H3,(H,22,25). The average molecular weight is 344 g/mol. The molecule has 1 heterocycles. The molecule has 1 saturated heterocycles. The number of hydrogen-bond acceptors (Lipinski definition) is 2. The number of nitrogens with one attached hydrogen (secondary N) is 1. The topological polar surface area (TPSA) is 49.4 Å². The number of amides is 2. The van der Waals surface area contributed by atoms with E-state index in [0.29, 0.717) is 5.56 Å². The van der Waals surface area contributed by atoms with E-state index in [1.165, 1.54) is 23.1 Å². The van der Waals surface area contributed by atoms with E-state index in [2.05, 4.69) is 5.32 Å². The van der Waals surface area contributed by atoms with Gasteiger partial charge < -0.3 is 10.2 Å². The minimum atomic E-state index is -0.534. The second-order valence-corrected chi connectivity index (χ2v) is 6.16. The minimum absolute atomic E-state index is 0.0443. The first-order valence-corrected chi connectivity index (χ1v) is 8.03. The summed E-state index contributed by atoms with van der Waals surface area (Å²) in [6, 6.07) is 10.6. The molecule has 2 amide bonds. The summed E-state index contributed by atoms with van der Waals surface area (Å²) in [5.41, 5.74) is 1.48. The van der Waals surface area contributed by atoms with E-state index in [1.54, 1.807) is 31.2 Å². The lowest BCUT2D eigenvalue weighted by atomic mass is 10.1. The van der Waals surface area contributed by atoms with Crippen LogP contribution in [0.2, 0.25) is 0 Å². The molecule has 1 fully saturated rings. The summed E-state index contributed by atoms with van der Waals surface area (Å²) in [5.74, 6) is -1.86. The molecule has 0 aromatic heterocycles. The maximum absolute atomic E-state index is 13.9. The van der Waals surface area contributed by atoms with Gasteiger partial charge in [-0.1, -0.05) is 24.3 Å². The van der Waals surface area contributed by atoms with Crippen LogP contribution >= 0.6 is 0 Å². The Bertz CT molecular complexity index is 823. The van der Waals surface area contributed by atoms with Crippen molar-refractivity contribution in [1.82, 2.24) is 5.32 Å². The summed E-state index contributed by atoms with van der Waals surface area (Å²) in [5, 5.41) is 2.76. The number of rotatable bonds is 4. The quantitative estimate of drug-likeness (QED) is 0.927. The van der Waals surface area contributed by atoms with Crippen molar-refractivity contribution in [3.8, 4) is 0 Å². The number of anilines is 1. The van der Waals surface area contributed by atoms with Gasteiger partial charge in [0.2, 0.25) is 11.8 Å². The third-order valence-electron chi connectivity index (χ3n) is 4.33. The Morgan fingerprint density at radius 1 is 1.20 bits per heavy atom. The smallest absolute Gasteiger partial charge is 0.227 e. The number of carbonyl (C=O) groups excluding carboxylic acids is 2. The van der Waals surface area contributed by atoms with Gasteiger partial charge in [-0.15, -0.1) is 0 Å². The fourth-order valence-corrected chi connectivity index (χ4v) is 2.94. The lowest BCUT2D eigenvalue weighted by Crippen LogP contribution is -2.32. The van der Waals surface area contributed by atoms with Gasteiger partial charge in [-0.2, -0.15) is 0 Å². The van der Waals surface area contributed by atoms with Gasteiger partial charge in [-0.05, 0) is 36.2 Å². The van der Waals surface area contributed by atoms with Crippen LogP contribution in [0.15, 0.2) is 42.5 Å². The van der Waals surface area contributed by atoms with E-state index in [4.69, 9.17) is 0 Å². The van der Waals surface area contributed by atoms with Crippen molar-refractivity contribution in [2.45, 2.75) is 19.9 Å². The first-order chi connectivity index (χ1) is 12.0. The molecular weight excluding hydrogens is 326 g/mol. The van der Waals surface area contributed by atoms with Crippen LogP contribution in [0.4, 0.5) is 14.5 Å². The van der Waals surface area contributed by atoms with Crippen molar-refractivity contribution in [2.75, 3.05) is 11.4 Å². The molecule has 25 heavy (non-hydrogen) atoms. The molecule has 0 radical (unpaired) electrons. The molecule has 1 aliphatic heterocycles. The zero-order valence-electron chi connectivity index (χ0n) is 13.8. The van der Waals surface area contributed by atoms with E-state index in [-0.39, 0.29) is 42.8 Å². The van der Waals surface area contributed by atoms with Crippen molar-refractivity contribution in [3.63, 3.8) is 0 Å². The number of nitrogens with zero attached hydrogens (tertiary/aromatic N) is 1. The predicted octanol–water partition coefficient (Wildman–Crippen LogP) is 2.94. The fourth-order valence-electron chi connectivity index (χ4n) is 2.94. The lowest BCUT2D eigenvalue weighted by Gasteiger charge is -2.17. The largest absolute Gasteiger partial charge is 0.352 e. The van der Waals surface area contributed by atoms with Gasteiger partial charge in [-0.25, -0.2) is 8.78 Å². The Kier molecular flexibility index (Phi) is 4.79. The highest BCUT2D eigenvalue weighted by molar-refractivity contribution is 6.00. The van der Waals surface area contributed by atoms with Gasteiger partial charge in [0.05, 0.1) is 11.6 Å². The second kappa shape index (κ2) is 7.01. The fraction of sp³-hybridized carbons (Fsp3) is 0.263. The Morgan fingerprint density at radius 3 is 2.68 bits per heavy atom. The SMILES string of the molecule is Cc1cc(CNC(=O)C2CC(=O)N(c3ccccc3F)C2)ccc1F.